The maximum atomic E-state index is 9.68. The van der Waals surface area contributed by atoms with Crippen LogP contribution in [0.2, 0.25) is 0 Å². The summed E-state index contributed by atoms with van der Waals surface area (Å²) >= 11 is 0. The van der Waals surface area contributed by atoms with Crippen molar-refractivity contribution in [3.05, 3.63) is 53.6 Å². The van der Waals surface area contributed by atoms with Gasteiger partial charge in [-0.1, -0.05) is 18.2 Å². The Morgan fingerprint density at radius 3 is 2.14 bits per heavy atom. The predicted octanol–water partition coefficient (Wildman–Crippen LogP) is 0.513. The van der Waals surface area contributed by atoms with Crippen molar-refractivity contribution < 1.29 is 29.1 Å². The summed E-state index contributed by atoms with van der Waals surface area (Å²) in [6.45, 7) is 2.64. The lowest BCUT2D eigenvalue weighted by Crippen LogP contribution is -3.00. The van der Waals surface area contributed by atoms with E-state index in [4.69, 9.17) is 0 Å². The zero-order valence-corrected chi connectivity index (χ0v) is 15.2. The minimum absolute atomic E-state index is 0. The number of phenols is 1. The maximum Gasteiger partial charge on any atom is 0.132 e. The Balaban J connectivity index is 0.00000220. The molecule has 0 radical (unpaired) electrons. The first-order valence-corrected chi connectivity index (χ1v) is 6.81. The van der Waals surface area contributed by atoms with E-state index in [1.54, 1.807) is 6.07 Å². The van der Waals surface area contributed by atoms with E-state index >= 15 is 0 Å². The molecule has 4 heteroatoms. The number of aromatic hydroxyl groups is 1. The Kier molecular flexibility index (Phi) is 6.04. The van der Waals surface area contributed by atoms with Gasteiger partial charge < -0.3 is 34.4 Å². The van der Waals surface area contributed by atoms with E-state index < -0.39 is 0 Å². The van der Waals surface area contributed by atoms with Crippen LogP contribution >= 0.6 is 0 Å². The van der Waals surface area contributed by atoms with Gasteiger partial charge in [0.05, 0.1) is 21.1 Å². The highest BCUT2D eigenvalue weighted by atomic mass is 127. The summed E-state index contributed by atoms with van der Waals surface area (Å²) in [4.78, 5) is 0. The van der Waals surface area contributed by atoms with Gasteiger partial charge in [0.1, 0.15) is 11.4 Å². The summed E-state index contributed by atoms with van der Waals surface area (Å²) in [6, 6.07) is 14.2. The molecule has 0 aromatic heterocycles. The highest BCUT2D eigenvalue weighted by Gasteiger charge is 2.10. The third-order valence-corrected chi connectivity index (χ3v) is 3.42. The molecule has 0 spiro atoms. The quantitative estimate of drug-likeness (QED) is 0.582. The molecule has 2 aromatic carbocycles. The summed E-state index contributed by atoms with van der Waals surface area (Å²) in [7, 11) is 6.47. The molecule has 114 valence electrons. The number of hydrogen-bond acceptors (Lipinski definition) is 2. The number of hydrogen-bond donors (Lipinski definition) is 2. The van der Waals surface area contributed by atoms with Crippen molar-refractivity contribution in [1.29, 1.82) is 0 Å². The first-order chi connectivity index (χ1) is 9.36. The van der Waals surface area contributed by atoms with Crippen LogP contribution in [0, 0.1) is 6.92 Å². The number of aryl methyl sites for hydroxylation is 1. The number of anilines is 1. The van der Waals surface area contributed by atoms with Crippen LogP contribution in [0.1, 0.15) is 11.1 Å². The molecule has 3 nitrogen and oxygen atoms in total. The third kappa shape index (κ3) is 4.89. The van der Waals surface area contributed by atoms with E-state index in [0.717, 1.165) is 22.3 Å². The van der Waals surface area contributed by atoms with E-state index in [1.807, 2.05) is 19.1 Å². The van der Waals surface area contributed by atoms with Crippen molar-refractivity contribution in [2.45, 2.75) is 13.5 Å². The summed E-state index contributed by atoms with van der Waals surface area (Å²) in [5.41, 5.74) is 4.33. The second kappa shape index (κ2) is 7.13. The van der Waals surface area contributed by atoms with Crippen LogP contribution in [0.15, 0.2) is 42.5 Å². The van der Waals surface area contributed by atoms with E-state index in [2.05, 4.69) is 50.7 Å². The molecule has 0 bridgehead atoms. The smallest absolute Gasteiger partial charge is 0.132 e. The molecule has 0 aliphatic rings. The van der Waals surface area contributed by atoms with Gasteiger partial charge in [-0.25, -0.2) is 0 Å². The Morgan fingerprint density at radius 2 is 1.62 bits per heavy atom. The second-order valence-electron chi connectivity index (χ2n) is 6.03. The van der Waals surface area contributed by atoms with Crippen molar-refractivity contribution in [3.63, 3.8) is 0 Å². The summed E-state index contributed by atoms with van der Waals surface area (Å²) in [6.07, 6.45) is 0. The summed E-state index contributed by atoms with van der Waals surface area (Å²) in [5.74, 6) is 0.329. The Hall–Kier alpha value is -1.27. The second-order valence-corrected chi connectivity index (χ2v) is 6.03. The summed E-state index contributed by atoms with van der Waals surface area (Å²) < 4.78 is 0.819. The average Bonchev–Trinajstić information content (AvgIpc) is 2.40. The van der Waals surface area contributed by atoms with Crippen LogP contribution in [-0.2, 0) is 6.54 Å². The van der Waals surface area contributed by atoms with Crippen LogP contribution in [0.25, 0.3) is 0 Å². The monoisotopic (exact) mass is 398 g/mol. The first-order valence-electron chi connectivity index (χ1n) is 6.81. The predicted molar refractivity (Wildman–Crippen MR) is 86.2 cm³/mol. The fraction of sp³-hybridized carbons (Fsp3) is 0.294. The normalized spacial score (nSPS) is 10.9. The number of halogens is 1. The molecule has 0 saturated heterocycles. The van der Waals surface area contributed by atoms with Crippen LogP contribution in [0.3, 0.4) is 0 Å². The number of phenolic OH excluding ortho intramolecular Hbond substituents is 1. The Morgan fingerprint density at radius 1 is 1.00 bits per heavy atom. The molecule has 21 heavy (non-hydrogen) atoms. The molecule has 2 rings (SSSR count). The van der Waals surface area contributed by atoms with E-state index in [1.165, 1.54) is 11.3 Å². The van der Waals surface area contributed by atoms with Gasteiger partial charge in [0.2, 0.25) is 0 Å². The zero-order chi connectivity index (χ0) is 14.8. The van der Waals surface area contributed by atoms with Crippen LogP contribution < -0.4 is 33.8 Å². The molecular weight excluding hydrogens is 375 g/mol. The minimum Gasteiger partial charge on any atom is -1.00 e. The topological polar surface area (TPSA) is 32.3 Å². The Bertz CT molecular complexity index is 589. The zero-order valence-electron chi connectivity index (χ0n) is 13.0. The fourth-order valence-electron chi connectivity index (χ4n) is 1.98. The maximum absolute atomic E-state index is 9.68. The highest BCUT2D eigenvalue weighted by Crippen LogP contribution is 2.22. The lowest BCUT2D eigenvalue weighted by molar-refractivity contribution is -0.00000540. The molecule has 0 heterocycles. The van der Waals surface area contributed by atoms with Crippen LogP contribution in [0.4, 0.5) is 11.4 Å². The van der Waals surface area contributed by atoms with Crippen molar-refractivity contribution in [3.8, 4) is 5.75 Å². The average molecular weight is 398 g/mol. The molecular formula is C17H23IN2O. The number of nitrogens with one attached hydrogen (secondary N) is 1. The molecule has 0 aliphatic carbocycles. The van der Waals surface area contributed by atoms with Gasteiger partial charge in [-0.3, -0.25) is 4.48 Å². The van der Waals surface area contributed by atoms with Crippen molar-refractivity contribution in [1.82, 2.24) is 4.48 Å². The molecule has 2 aromatic rings. The van der Waals surface area contributed by atoms with Gasteiger partial charge in [-0.05, 0) is 36.2 Å². The minimum atomic E-state index is 0. The van der Waals surface area contributed by atoms with Crippen molar-refractivity contribution in [2.24, 2.45) is 0 Å². The number of benzene rings is 2. The largest absolute Gasteiger partial charge is 1.00 e. The lowest BCUT2D eigenvalue weighted by atomic mass is 10.1. The number of quaternary nitrogens is 1. The van der Waals surface area contributed by atoms with E-state index in [9.17, 15) is 5.11 Å². The van der Waals surface area contributed by atoms with E-state index in [-0.39, 0.29) is 24.0 Å². The fourth-order valence-corrected chi connectivity index (χ4v) is 1.98. The molecule has 0 fully saturated rings. The molecule has 0 unspecified atom stereocenters. The molecule has 0 atom stereocenters. The third-order valence-electron chi connectivity index (χ3n) is 3.42. The Labute approximate surface area is 144 Å². The molecule has 0 amide bonds. The molecule has 2 N–H and O–H groups in total. The van der Waals surface area contributed by atoms with Gasteiger partial charge in [0.15, 0.2) is 0 Å². The van der Waals surface area contributed by atoms with Gasteiger partial charge in [-0.15, -0.1) is 0 Å². The van der Waals surface area contributed by atoms with Crippen molar-refractivity contribution >= 4 is 11.4 Å². The molecule has 0 aliphatic heterocycles. The van der Waals surface area contributed by atoms with Gasteiger partial charge >= 0.3 is 0 Å². The van der Waals surface area contributed by atoms with Gasteiger partial charge in [0.25, 0.3) is 0 Å². The van der Waals surface area contributed by atoms with Crippen molar-refractivity contribution in [2.75, 3.05) is 26.5 Å². The summed E-state index contributed by atoms with van der Waals surface area (Å²) in [5, 5.41) is 13.0. The SMILES string of the molecule is Cc1ccc(NCc2ccc([N+](C)(C)C)cc2)cc1O.[I-]. The van der Waals surface area contributed by atoms with Gasteiger partial charge in [-0.2, -0.15) is 0 Å². The number of rotatable bonds is 4. The van der Waals surface area contributed by atoms with Crippen LogP contribution in [0.5, 0.6) is 5.75 Å². The highest BCUT2D eigenvalue weighted by molar-refractivity contribution is 5.51. The lowest BCUT2D eigenvalue weighted by Gasteiger charge is -2.23. The number of nitrogens with zero attached hydrogens (tertiary/aromatic N) is 1. The van der Waals surface area contributed by atoms with E-state index in [0.29, 0.717) is 5.75 Å². The van der Waals surface area contributed by atoms with Crippen LogP contribution in [-0.4, -0.2) is 26.2 Å². The molecule has 0 saturated carbocycles. The standard InChI is InChI=1S/C17H22N2O.HI/c1-13-5-8-15(11-17(13)20)18-12-14-6-9-16(10-7-14)19(2,3)4;/h5-11,18H,12H2,1-4H3;1H. The first kappa shape index (κ1) is 17.8. The van der Waals surface area contributed by atoms with Gasteiger partial charge in [0, 0.05) is 18.3 Å².